The molecule has 0 aliphatic carbocycles. The number of unbranched alkanes of at least 4 members (excludes halogenated alkanes) is 1. The van der Waals surface area contributed by atoms with Crippen LogP contribution in [0.25, 0.3) is 0 Å². The van der Waals surface area contributed by atoms with Gasteiger partial charge in [0.15, 0.2) is 0 Å². The van der Waals surface area contributed by atoms with Crippen LogP contribution in [-0.4, -0.2) is 201 Å². The molecule has 286 valence electrons. The Labute approximate surface area is 291 Å². The van der Waals surface area contributed by atoms with Gasteiger partial charge in [-0.3, -0.25) is 58.8 Å². The minimum atomic E-state index is -1.04. The smallest absolute Gasteiger partial charge is 0.317 e. The van der Waals surface area contributed by atoms with Crippen LogP contribution in [0, 0.1) is 0 Å². The fraction of sp³-hybridized carbons (Fsp3) is 0.800. The molecule has 20 heteroatoms. The van der Waals surface area contributed by atoms with Crippen molar-refractivity contribution in [2.75, 3.05) is 98.2 Å². The molecule has 50 heavy (non-hydrogen) atoms. The van der Waals surface area contributed by atoms with E-state index in [-0.39, 0.29) is 88.3 Å². The molecule has 0 unspecified atom stereocenters. The van der Waals surface area contributed by atoms with Gasteiger partial charge in [-0.1, -0.05) is 0 Å². The Morgan fingerprint density at radius 1 is 0.640 bits per heavy atom. The minimum absolute atomic E-state index is 0.0134. The first kappa shape index (κ1) is 42.7. The molecule has 0 bridgehead atoms. The number of nitrogens with one attached hydrogen (secondary N) is 2. The predicted octanol–water partition coefficient (Wildman–Crippen LogP) is -3.00. The molecule has 2 aliphatic heterocycles. The number of likely N-dealkylation sites (tertiary alicyclic amines) is 1. The fourth-order valence-corrected chi connectivity index (χ4v) is 5.91. The van der Waals surface area contributed by atoms with Crippen molar-refractivity contribution >= 4 is 35.6 Å². The van der Waals surface area contributed by atoms with Crippen molar-refractivity contribution in [3.8, 4) is 0 Å². The molecule has 0 aromatic carbocycles. The molecular weight excluding hydrogens is 662 g/mol. The zero-order chi connectivity index (χ0) is 37.1. The van der Waals surface area contributed by atoms with E-state index in [1.165, 1.54) is 4.90 Å². The summed E-state index contributed by atoms with van der Waals surface area (Å²) in [6, 6.07) is -0.777. The molecule has 2 rings (SSSR count). The van der Waals surface area contributed by atoms with Crippen LogP contribution < -0.4 is 16.4 Å². The van der Waals surface area contributed by atoms with Gasteiger partial charge in [0.1, 0.15) is 6.17 Å². The molecule has 2 saturated heterocycles. The molecule has 0 aromatic rings. The molecule has 0 saturated carbocycles. The van der Waals surface area contributed by atoms with Crippen LogP contribution in [0.3, 0.4) is 0 Å². The zero-order valence-corrected chi connectivity index (χ0v) is 28.7. The van der Waals surface area contributed by atoms with Crippen LogP contribution in [0.1, 0.15) is 44.9 Å². The first-order valence-electron chi connectivity index (χ1n) is 17.1. The molecule has 0 spiro atoms. The number of rotatable bonds is 19. The van der Waals surface area contributed by atoms with Crippen molar-refractivity contribution in [3.63, 3.8) is 0 Å². The van der Waals surface area contributed by atoms with E-state index in [4.69, 9.17) is 5.73 Å². The van der Waals surface area contributed by atoms with Crippen LogP contribution >= 0.6 is 0 Å². The average molecular weight is 718 g/mol. The Morgan fingerprint density at radius 3 is 1.54 bits per heavy atom. The monoisotopic (exact) mass is 717 g/mol. The van der Waals surface area contributed by atoms with E-state index in [1.807, 2.05) is 4.90 Å². The molecule has 9 N–H and O–H groups in total. The maximum Gasteiger partial charge on any atom is 0.317 e. The van der Waals surface area contributed by atoms with Crippen LogP contribution in [0.4, 0.5) is 0 Å². The van der Waals surface area contributed by atoms with Crippen molar-refractivity contribution in [1.29, 1.82) is 0 Å². The Morgan fingerprint density at radius 2 is 1.08 bits per heavy atom. The first-order valence-corrected chi connectivity index (χ1v) is 17.1. The highest BCUT2D eigenvalue weighted by Gasteiger charge is 2.34. The number of amides is 3. The highest BCUT2D eigenvalue weighted by atomic mass is 16.8. The SMILES string of the molecule is N[C@@H](CCCCNC(=O)CCCNC(=O)CN1CCN(CC(=O)O)CCN(CC(=O)O)CCN(CC(=O)O)CC1)C(=O)N1CCC[C@H]1N(O)O. The van der Waals surface area contributed by atoms with Gasteiger partial charge in [0.05, 0.1) is 32.2 Å². The summed E-state index contributed by atoms with van der Waals surface area (Å²) in [6.07, 6.45) is 2.46. The molecule has 3 amide bonds. The lowest BCUT2D eigenvalue weighted by molar-refractivity contribution is -0.347. The van der Waals surface area contributed by atoms with E-state index in [9.17, 15) is 54.5 Å². The largest absolute Gasteiger partial charge is 0.480 e. The summed E-state index contributed by atoms with van der Waals surface area (Å²) < 4.78 is 0. The number of hydrogen-bond acceptors (Lipinski definition) is 14. The van der Waals surface area contributed by atoms with Crippen molar-refractivity contribution < 1.29 is 54.5 Å². The Bertz CT molecular complexity index is 1080. The number of nitrogens with zero attached hydrogens (tertiary/aromatic N) is 6. The minimum Gasteiger partial charge on any atom is -0.480 e. The normalized spacial score (nSPS) is 19.8. The number of carbonyl (C=O) groups excluding carboxylic acids is 3. The average Bonchev–Trinajstić information content (AvgIpc) is 3.53. The number of hydroxylamine groups is 2. The lowest BCUT2D eigenvalue weighted by Crippen LogP contribution is -2.50. The maximum absolute atomic E-state index is 12.8. The fourth-order valence-electron chi connectivity index (χ4n) is 5.91. The third-order valence-corrected chi connectivity index (χ3v) is 8.63. The first-order chi connectivity index (χ1) is 23.7. The van der Waals surface area contributed by atoms with Gasteiger partial charge in [-0.15, -0.1) is 0 Å². The van der Waals surface area contributed by atoms with Crippen molar-refractivity contribution in [2.24, 2.45) is 5.73 Å². The molecule has 2 heterocycles. The van der Waals surface area contributed by atoms with E-state index in [0.717, 1.165) is 0 Å². The third-order valence-electron chi connectivity index (χ3n) is 8.63. The summed E-state index contributed by atoms with van der Waals surface area (Å²) in [5, 5.41) is 52.3. The summed E-state index contributed by atoms with van der Waals surface area (Å²) in [4.78, 5) is 80.0. The second-order valence-electron chi connectivity index (χ2n) is 12.7. The molecule has 0 radical (unpaired) electrons. The van der Waals surface area contributed by atoms with Crippen molar-refractivity contribution in [3.05, 3.63) is 0 Å². The van der Waals surface area contributed by atoms with Gasteiger partial charge in [-0.05, 0) is 43.8 Å². The highest BCUT2D eigenvalue weighted by Crippen LogP contribution is 2.20. The maximum atomic E-state index is 12.8. The molecule has 20 nitrogen and oxygen atoms in total. The summed E-state index contributed by atoms with van der Waals surface area (Å²) in [5.74, 6) is -3.93. The van der Waals surface area contributed by atoms with Crippen LogP contribution in [0.15, 0.2) is 0 Å². The standard InChI is InChI=1S/C30H55N9O11/c31-23(30(48)38-10-4-7-26(38)39(49)50)5-1-2-8-32-24(40)6-3-9-33-25(41)19-34-11-13-35(20-27(42)43)15-17-37(22-29(46)47)18-16-36(14-12-34)21-28(44)45/h23,26,49-50H,1-22,31H2,(H,32,40)(H,33,41)(H,42,43)(H,44,45)(H,46,47)/t23-,26+/m0/s1. The molecule has 2 aliphatic rings. The van der Waals surface area contributed by atoms with Gasteiger partial charge < -0.3 is 36.6 Å². The Kier molecular flexibility index (Phi) is 19.7. The summed E-state index contributed by atoms with van der Waals surface area (Å²) in [6.45, 7) is 2.64. The Hall–Kier alpha value is -3.50. The van der Waals surface area contributed by atoms with Gasteiger partial charge in [0, 0.05) is 78.4 Å². The van der Waals surface area contributed by atoms with Crippen LogP contribution in [-0.2, 0) is 28.8 Å². The van der Waals surface area contributed by atoms with Crippen molar-refractivity contribution in [1.82, 2.24) is 40.4 Å². The highest BCUT2D eigenvalue weighted by molar-refractivity contribution is 5.82. The zero-order valence-electron chi connectivity index (χ0n) is 28.7. The lowest BCUT2D eigenvalue weighted by atomic mass is 10.1. The van der Waals surface area contributed by atoms with Gasteiger partial charge in [-0.2, -0.15) is 0 Å². The number of aliphatic carboxylic acids is 3. The number of carboxylic acids is 3. The number of hydrogen-bond donors (Lipinski definition) is 8. The third kappa shape index (κ3) is 17.4. The van der Waals surface area contributed by atoms with E-state index in [1.54, 1.807) is 14.7 Å². The van der Waals surface area contributed by atoms with Gasteiger partial charge in [0.2, 0.25) is 17.7 Å². The van der Waals surface area contributed by atoms with Gasteiger partial charge in [-0.25, -0.2) is 0 Å². The van der Waals surface area contributed by atoms with Gasteiger partial charge >= 0.3 is 17.9 Å². The lowest BCUT2D eigenvalue weighted by Gasteiger charge is -2.32. The quantitative estimate of drug-likeness (QED) is 0.0488. The molecule has 2 atom stereocenters. The molecule has 2 fully saturated rings. The summed E-state index contributed by atoms with van der Waals surface area (Å²) in [5.41, 5.74) is 6.01. The number of carboxylic acid groups (broad SMARTS) is 3. The second-order valence-corrected chi connectivity index (χ2v) is 12.7. The summed E-state index contributed by atoms with van der Waals surface area (Å²) >= 11 is 0. The van der Waals surface area contributed by atoms with Crippen LogP contribution in [0.5, 0.6) is 0 Å². The van der Waals surface area contributed by atoms with E-state index < -0.39 is 30.1 Å². The number of carbonyl (C=O) groups is 6. The van der Waals surface area contributed by atoms with Crippen molar-refractivity contribution in [2.45, 2.75) is 57.2 Å². The van der Waals surface area contributed by atoms with E-state index >= 15 is 0 Å². The van der Waals surface area contributed by atoms with E-state index in [2.05, 4.69) is 10.6 Å². The predicted molar refractivity (Wildman–Crippen MR) is 176 cm³/mol. The molecule has 0 aromatic heterocycles. The Balaban J connectivity index is 1.74. The summed E-state index contributed by atoms with van der Waals surface area (Å²) in [7, 11) is 0. The van der Waals surface area contributed by atoms with Crippen LogP contribution in [0.2, 0.25) is 0 Å². The van der Waals surface area contributed by atoms with E-state index in [0.29, 0.717) is 77.8 Å². The topological polar surface area (TPSA) is 273 Å². The number of nitrogens with two attached hydrogens (primary N) is 1. The molecular formula is C30H55N9O11. The second kappa shape index (κ2) is 23.1. The van der Waals surface area contributed by atoms with Gasteiger partial charge in [0.25, 0.3) is 0 Å².